The molecule has 3 aromatic rings. The maximum absolute atomic E-state index is 12.0. The molecule has 0 aliphatic carbocycles. The van der Waals surface area contributed by atoms with E-state index >= 15 is 0 Å². The molecule has 1 aromatic heterocycles. The Kier molecular flexibility index (Phi) is 17.2. The number of aromatic nitrogens is 2. The Balaban J connectivity index is 0.000000371. The van der Waals surface area contributed by atoms with E-state index in [2.05, 4.69) is 33.2 Å². The Labute approximate surface area is 231 Å². The predicted molar refractivity (Wildman–Crippen MR) is 150 cm³/mol. The Bertz CT molecular complexity index is 1090. The summed E-state index contributed by atoms with van der Waals surface area (Å²) in [5.74, 6) is 0.609. The summed E-state index contributed by atoms with van der Waals surface area (Å²) in [4.78, 5) is 22.3. The molecule has 1 heterocycles. The third-order valence-corrected chi connectivity index (χ3v) is 5.03. The highest BCUT2D eigenvalue weighted by molar-refractivity contribution is 5.91. The van der Waals surface area contributed by atoms with E-state index in [1.54, 1.807) is 57.5 Å². The second kappa shape index (κ2) is 20.2. The van der Waals surface area contributed by atoms with Crippen molar-refractivity contribution in [2.75, 3.05) is 34.0 Å². The molecule has 0 atom stereocenters. The maximum Gasteiger partial charge on any atom is 0.343 e. The average molecular weight is 541 g/mol. The minimum absolute atomic E-state index is 0.293. The minimum Gasteiger partial charge on any atom is -0.460 e. The first-order valence-electron chi connectivity index (χ1n) is 12.8. The van der Waals surface area contributed by atoms with Gasteiger partial charge in [-0.1, -0.05) is 50.5 Å². The lowest BCUT2D eigenvalue weighted by Crippen LogP contribution is -2.08. The fourth-order valence-electron chi connectivity index (χ4n) is 2.89. The molecule has 0 aliphatic rings. The monoisotopic (exact) mass is 540 g/mol. The Hall–Kier alpha value is -3.82. The first kappa shape index (κ1) is 33.2. The van der Waals surface area contributed by atoms with Crippen molar-refractivity contribution < 1.29 is 33.0 Å². The fourth-order valence-corrected chi connectivity index (χ4v) is 2.89. The highest BCUT2D eigenvalue weighted by Gasteiger charge is 2.10. The molecule has 0 radical (unpaired) electrons. The van der Waals surface area contributed by atoms with Crippen LogP contribution >= 0.6 is 0 Å². The summed E-state index contributed by atoms with van der Waals surface area (Å²) in [6, 6.07) is 14.2. The predicted octanol–water partition coefficient (Wildman–Crippen LogP) is 6.15. The molecule has 9 heteroatoms. The van der Waals surface area contributed by atoms with E-state index in [-0.39, 0.29) is 5.97 Å². The molecular formula is C30H40N2O7. The molecule has 0 spiro atoms. The third-order valence-electron chi connectivity index (χ3n) is 5.03. The number of benzene rings is 2. The number of nitrogens with zero attached hydrogens (tertiary/aromatic N) is 2. The summed E-state index contributed by atoms with van der Waals surface area (Å²) in [6.45, 7) is 10.8. The summed E-state index contributed by atoms with van der Waals surface area (Å²) in [7, 11) is 3.30. The van der Waals surface area contributed by atoms with Gasteiger partial charge in [0.15, 0.2) is 0 Å². The van der Waals surface area contributed by atoms with E-state index in [0.29, 0.717) is 36.3 Å². The van der Waals surface area contributed by atoms with E-state index in [4.69, 9.17) is 13.9 Å². The highest BCUT2D eigenvalue weighted by atomic mass is 16.6. The molecular weight excluding hydrogens is 500 g/mol. The van der Waals surface area contributed by atoms with Gasteiger partial charge in [0.05, 0.1) is 12.2 Å². The van der Waals surface area contributed by atoms with Gasteiger partial charge in [0.25, 0.3) is 0 Å². The second-order valence-electron chi connectivity index (χ2n) is 8.32. The number of aryl methyl sites for hydroxylation is 2. The number of rotatable bonds is 12. The molecule has 0 amide bonds. The Morgan fingerprint density at radius 1 is 0.872 bits per heavy atom. The van der Waals surface area contributed by atoms with Crippen molar-refractivity contribution in [1.29, 1.82) is 0 Å². The normalized spacial score (nSPS) is 9.87. The number of methoxy groups -OCH3 is 2. The molecule has 0 saturated heterocycles. The molecule has 0 unspecified atom stereocenters. The van der Waals surface area contributed by atoms with Gasteiger partial charge in [0, 0.05) is 39.4 Å². The van der Waals surface area contributed by atoms with Crippen LogP contribution in [0.25, 0.3) is 11.5 Å². The minimum atomic E-state index is -0.410. The van der Waals surface area contributed by atoms with Gasteiger partial charge < -0.3 is 23.4 Å². The van der Waals surface area contributed by atoms with Crippen molar-refractivity contribution in [3.63, 3.8) is 0 Å². The molecule has 0 aliphatic heterocycles. The summed E-state index contributed by atoms with van der Waals surface area (Å²) in [5.41, 5.74) is 2.38. The largest absolute Gasteiger partial charge is 0.460 e. The van der Waals surface area contributed by atoms with Crippen molar-refractivity contribution in [2.45, 2.75) is 46.5 Å². The van der Waals surface area contributed by atoms with Gasteiger partial charge >= 0.3 is 11.9 Å². The van der Waals surface area contributed by atoms with Crippen molar-refractivity contribution >= 4 is 11.9 Å². The maximum atomic E-state index is 12.0. The Morgan fingerprint density at radius 3 is 2.08 bits per heavy atom. The van der Waals surface area contributed by atoms with Crippen LogP contribution in [0.3, 0.4) is 0 Å². The summed E-state index contributed by atoms with van der Waals surface area (Å²) >= 11 is 0. The van der Waals surface area contributed by atoms with Crippen LogP contribution in [0.2, 0.25) is 0 Å². The van der Waals surface area contributed by atoms with Crippen LogP contribution < -0.4 is 4.74 Å². The van der Waals surface area contributed by atoms with Crippen molar-refractivity contribution in [3.8, 4) is 17.2 Å². The van der Waals surface area contributed by atoms with Gasteiger partial charge in [0.2, 0.25) is 11.8 Å². The van der Waals surface area contributed by atoms with Crippen molar-refractivity contribution in [1.82, 2.24) is 10.2 Å². The highest BCUT2D eigenvalue weighted by Crippen LogP contribution is 2.21. The third kappa shape index (κ3) is 14.6. The van der Waals surface area contributed by atoms with Gasteiger partial charge in [-0.15, -0.1) is 10.2 Å². The summed E-state index contributed by atoms with van der Waals surface area (Å²) < 4.78 is 24.7. The molecule has 39 heavy (non-hydrogen) atoms. The van der Waals surface area contributed by atoms with Gasteiger partial charge in [-0.3, -0.25) is 0 Å². The number of carbonyl (C=O) groups excluding carboxylic acids is 2. The van der Waals surface area contributed by atoms with E-state index in [1.807, 2.05) is 19.1 Å². The van der Waals surface area contributed by atoms with E-state index in [0.717, 1.165) is 23.8 Å². The molecule has 2 aromatic carbocycles. The zero-order chi connectivity index (χ0) is 28.9. The first-order valence-corrected chi connectivity index (χ1v) is 12.8. The molecule has 0 saturated carbocycles. The molecule has 0 N–H and O–H groups in total. The topological polar surface area (TPSA) is 110 Å². The van der Waals surface area contributed by atoms with Crippen LogP contribution in [0, 0.1) is 13.8 Å². The number of hydrogen-bond acceptors (Lipinski definition) is 9. The lowest BCUT2D eigenvalue weighted by Gasteiger charge is -2.05. The van der Waals surface area contributed by atoms with E-state index < -0.39 is 5.97 Å². The lowest BCUT2D eigenvalue weighted by atomic mass is 10.1. The van der Waals surface area contributed by atoms with Crippen LogP contribution in [0.5, 0.6) is 5.75 Å². The quantitative estimate of drug-likeness (QED) is 0.116. The number of hydrogen-bond donors (Lipinski definition) is 0. The summed E-state index contributed by atoms with van der Waals surface area (Å²) in [5, 5.41) is 7.72. The number of ether oxygens (including phenoxy) is 4. The van der Waals surface area contributed by atoms with E-state index in [1.165, 1.54) is 25.7 Å². The SMILES string of the molecule is C=CC(=O)OCCOC.CCCCCCOC.Cc1ccc(C(=O)Oc2ccc(-c3nnc(C)o3)cc2)cc1. The number of esters is 2. The average Bonchev–Trinajstić information content (AvgIpc) is 3.39. The molecule has 9 nitrogen and oxygen atoms in total. The molecule has 3 rings (SSSR count). The van der Waals surface area contributed by atoms with Crippen molar-refractivity contribution in [2.24, 2.45) is 0 Å². The van der Waals surface area contributed by atoms with Gasteiger partial charge in [-0.2, -0.15) is 0 Å². The lowest BCUT2D eigenvalue weighted by molar-refractivity contribution is -0.138. The van der Waals surface area contributed by atoms with Gasteiger partial charge in [0.1, 0.15) is 12.4 Å². The van der Waals surface area contributed by atoms with Crippen LogP contribution in [0.15, 0.2) is 65.6 Å². The van der Waals surface area contributed by atoms with Crippen LogP contribution in [-0.2, 0) is 19.0 Å². The molecule has 212 valence electrons. The summed E-state index contributed by atoms with van der Waals surface area (Å²) in [6.07, 6.45) is 6.33. The number of carbonyl (C=O) groups is 2. The smallest absolute Gasteiger partial charge is 0.343 e. The molecule has 0 fully saturated rings. The van der Waals surface area contributed by atoms with Crippen LogP contribution in [0.1, 0.15) is 54.4 Å². The Morgan fingerprint density at radius 2 is 1.54 bits per heavy atom. The van der Waals surface area contributed by atoms with Crippen molar-refractivity contribution in [3.05, 3.63) is 78.2 Å². The molecule has 0 bridgehead atoms. The van der Waals surface area contributed by atoms with Gasteiger partial charge in [-0.05, 0) is 49.7 Å². The second-order valence-corrected chi connectivity index (χ2v) is 8.32. The zero-order valence-corrected chi connectivity index (χ0v) is 23.6. The van der Waals surface area contributed by atoms with Gasteiger partial charge in [-0.25, -0.2) is 9.59 Å². The zero-order valence-electron chi connectivity index (χ0n) is 23.6. The first-order chi connectivity index (χ1) is 18.8. The van der Waals surface area contributed by atoms with Crippen LogP contribution in [-0.4, -0.2) is 56.2 Å². The van der Waals surface area contributed by atoms with E-state index in [9.17, 15) is 9.59 Å². The standard InChI is InChI=1S/C17H14N2O3.C7H16O.C6H10O3/c1-11-3-5-14(6-4-11)17(20)22-15-9-7-13(8-10-15)16-19-18-12(2)21-16;1-3-4-5-6-7-8-2;1-3-6(7)9-5-4-8-2/h3-10H,1-2H3;3-7H2,1-2H3;3H,1,4-5H2,2H3. The fraction of sp³-hybridized carbons (Fsp3) is 0.400. The van der Waals surface area contributed by atoms with Crippen LogP contribution in [0.4, 0.5) is 0 Å². The number of unbranched alkanes of at least 4 members (excludes halogenated alkanes) is 3.